The van der Waals surface area contributed by atoms with Gasteiger partial charge in [-0.3, -0.25) is 9.69 Å². The highest BCUT2D eigenvalue weighted by Crippen LogP contribution is 2.26. The number of likely N-dealkylation sites (N-methyl/N-ethyl adjacent to an activating group) is 1. The fraction of sp³-hybridized carbons (Fsp3) is 0.290. The van der Waals surface area contributed by atoms with Gasteiger partial charge in [-0.25, -0.2) is 4.79 Å². The van der Waals surface area contributed by atoms with Crippen LogP contribution in [0.1, 0.15) is 38.3 Å². The number of benzene rings is 2. The lowest BCUT2D eigenvalue weighted by Crippen LogP contribution is -2.37. The minimum atomic E-state index is -1.02. The minimum absolute atomic E-state index is 0.148. The number of ether oxygens (including phenoxy) is 1. The van der Waals surface area contributed by atoms with Crippen LogP contribution in [0.25, 0.3) is 17.0 Å². The highest BCUT2D eigenvalue weighted by atomic mass is 32.2. The highest BCUT2D eigenvalue weighted by Gasteiger charge is 2.21. The summed E-state index contributed by atoms with van der Waals surface area (Å²) in [5, 5.41) is 21.3. The van der Waals surface area contributed by atoms with E-state index in [1.54, 1.807) is 38.3 Å². The van der Waals surface area contributed by atoms with Crippen LogP contribution in [0.15, 0.2) is 65.8 Å². The van der Waals surface area contributed by atoms with Gasteiger partial charge in [-0.2, -0.15) is 10.2 Å². The first-order valence-corrected chi connectivity index (χ1v) is 14.4. The van der Waals surface area contributed by atoms with Gasteiger partial charge in [0.1, 0.15) is 0 Å². The number of aliphatic carboxylic acids is 1. The Morgan fingerprint density at radius 2 is 1.85 bits per heavy atom. The molecule has 0 radical (unpaired) electrons. The Labute approximate surface area is 244 Å². The van der Waals surface area contributed by atoms with Crippen LogP contribution >= 0.6 is 11.8 Å². The largest absolute Gasteiger partial charge is 0.478 e. The smallest absolute Gasteiger partial charge is 0.348 e. The summed E-state index contributed by atoms with van der Waals surface area (Å²) in [5.74, 6) is -1.17. The number of fused-ring (bicyclic) bond motifs is 1. The first-order valence-electron chi connectivity index (χ1n) is 13.2. The number of aromatic nitrogens is 3. The van der Waals surface area contributed by atoms with Crippen LogP contribution in [0.5, 0.6) is 0 Å². The molecule has 2 heterocycles. The van der Waals surface area contributed by atoms with Crippen LogP contribution in [0.2, 0.25) is 0 Å². The highest BCUT2D eigenvalue weighted by molar-refractivity contribution is 7.98. The van der Waals surface area contributed by atoms with Crippen molar-refractivity contribution in [1.82, 2.24) is 25.0 Å². The lowest BCUT2D eigenvalue weighted by atomic mass is 10.1. The molecule has 0 bridgehead atoms. The average molecular weight is 574 g/mol. The van der Waals surface area contributed by atoms with Crippen LogP contribution in [-0.4, -0.2) is 63.2 Å². The van der Waals surface area contributed by atoms with Gasteiger partial charge in [0, 0.05) is 29.1 Å². The molecule has 0 aliphatic heterocycles. The van der Waals surface area contributed by atoms with Gasteiger partial charge in [-0.1, -0.05) is 54.1 Å². The van der Waals surface area contributed by atoms with E-state index in [2.05, 4.69) is 26.1 Å². The molecule has 4 aromatic rings. The number of hydrogen-bond acceptors (Lipinski definition) is 7. The number of carbonyl (C=O) groups is 2. The molecule has 0 unspecified atom stereocenters. The van der Waals surface area contributed by atoms with Gasteiger partial charge in [0.2, 0.25) is 6.23 Å². The quantitative estimate of drug-likeness (QED) is 0.182. The summed E-state index contributed by atoms with van der Waals surface area (Å²) in [6.07, 6.45) is 8.37. The Hall–Kier alpha value is -3.99. The molecule has 0 aliphatic rings. The van der Waals surface area contributed by atoms with E-state index in [-0.39, 0.29) is 12.5 Å². The first kappa shape index (κ1) is 30.0. The van der Waals surface area contributed by atoms with Crippen molar-refractivity contribution in [3.63, 3.8) is 0 Å². The maximum Gasteiger partial charge on any atom is 0.348 e. The summed E-state index contributed by atoms with van der Waals surface area (Å²) in [6, 6.07) is 14.1. The van der Waals surface area contributed by atoms with E-state index in [4.69, 9.17) is 4.74 Å². The number of carbonyl (C=O) groups excluding carboxylic acids is 1. The third-order valence-corrected chi connectivity index (χ3v) is 7.64. The number of carboxylic acids is 1. The number of allylic oxidation sites excluding steroid dienone is 1. The van der Waals surface area contributed by atoms with Gasteiger partial charge < -0.3 is 19.7 Å². The topological polar surface area (TPSA) is 110 Å². The summed E-state index contributed by atoms with van der Waals surface area (Å²) in [6.45, 7) is 5.15. The van der Waals surface area contributed by atoms with Gasteiger partial charge >= 0.3 is 5.97 Å². The van der Waals surface area contributed by atoms with Crippen LogP contribution in [-0.2, 0) is 29.2 Å². The zero-order chi connectivity index (χ0) is 29.5. The van der Waals surface area contributed by atoms with Crippen molar-refractivity contribution in [2.45, 2.75) is 44.7 Å². The fourth-order valence-electron chi connectivity index (χ4n) is 4.62. The standard InChI is InChI=1S/C31H35N5O4S/c1-20-8-10-23(11-9-20)16-32-29(37)28-21(2)36(26-18-34-33-17-25(26)28)14-6-7-22-12-13-24(27(15-22)41-5)19-40-30(31(38)39)35(3)4/h6-13,15,17-18,30H,14,16,19H2,1-5H3,(H,32,37)(H,38,39)/b7-6+/t30-/m1/s1. The lowest BCUT2D eigenvalue weighted by Gasteiger charge is -2.21. The molecular formula is C31H35N5O4S. The first-order chi connectivity index (χ1) is 19.7. The molecule has 1 atom stereocenters. The zero-order valence-electron chi connectivity index (χ0n) is 23.9. The molecular weight excluding hydrogens is 538 g/mol. The number of nitrogens with zero attached hydrogens (tertiary/aromatic N) is 4. The number of hydrogen-bond donors (Lipinski definition) is 2. The number of thioether (sulfide) groups is 1. The zero-order valence-corrected chi connectivity index (χ0v) is 24.7. The van der Waals surface area contributed by atoms with E-state index >= 15 is 0 Å². The van der Waals surface area contributed by atoms with E-state index in [0.717, 1.165) is 38.2 Å². The van der Waals surface area contributed by atoms with Gasteiger partial charge in [-0.05, 0) is 57.0 Å². The van der Waals surface area contributed by atoms with Crippen LogP contribution < -0.4 is 5.32 Å². The molecule has 0 saturated carbocycles. The van der Waals surface area contributed by atoms with Crippen LogP contribution in [0.3, 0.4) is 0 Å². The summed E-state index contributed by atoms with van der Waals surface area (Å²) in [7, 11) is 3.34. The Balaban J connectivity index is 1.49. The Kier molecular flexibility index (Phi) is 9.93. The van der Waals surface area contributed by atoms with E-state index in [1.165, 1.54) is 10.5 Å². The van der Waals surface area contributed by atoms with Gasteiger partial charge in [-0.15, -0.1) is 11.8 Å². The van der Waals surface area contributed by atoms with Gasteiger partial charge in [0.05, 0.1) is 30.1 Å². The second kappa shape index (κ2) is 13.6. The van der Waals surface area contributed by atoms with E-state index in [0.29, 0.717) is 18.7 Å². The molecule has 4 rings (SSSR count). The van der Waals surface area contributed by atoms with E-state index < -0.39 is 12.2 Å². The molecule has 0 spiro atoms. The lowest BCUT2D eigenvalue weighted by molar-refractivity contribution is -0.163. The van der Waals surface area contributed by atoms with E-state index in [9.17, 15) is 14.7 Å². The second-order valence-corrected chi connectivity index (χ2v) is 10.8. The SMILES string of the molecule is CSc1cc(/C=C/Cn2c(C)c(C(=O)NCc3ccc(C)cc3)c3cnncc32)ccc1CO[C@H](C(=O)O)N(C)C. The Morgan fingerprint density at radius 1 is 1.12 bits per heavy atom. The van der Waals surface area contributed by atoms with Crippen molar-refractivity contribution in [2.24, 2.45) is 0 Å². The molecule has 1 amide bonds. The fourth-order valence-corrected chi connectivity index (χ4v) is 5.26. The maximum absolute atomic E-state index is 13.3. The molecule has 2 N–H and O–H groups in total. The average Bonchev–Trinajstić information content (AvgIpc) is 3.23. The summed E-state index contributed by atoms with van der Waals surface area (Å²) >= 11 is 1.58. The van der Waals surface area contributed by atoms with Crippen molar-refractivity contribution in [3.8, 4) is 0 Å². The van der Waals surface area contributed by atoms with Crippen molar-refractivity contribution >= 4 is 40.6 Å². The Bertz CT molecular complexity index is 1560. The molecule has 0 saturated heterocycles. The number of aryl methyl sites for hydroxylation is 1. The summed E-state index contributed by atoms with van der Waals surface area (Å²) in [5.41, 5.74) is 6.42. The normalized spacial score (nSPS) is 12.3. The van der Waals surface area contributed by atoms with Crippen LogP contribution in [0, 0.1) is 13.8 Å². The number of nitrogens with one attached hydrogen (secondary N) is 1. The number of carboxylic acid groups (broad SMARTS) is 1. The van der Waals surface area contributed by atoms with Gasteiger partial charge in [0.25, 0.3) is 5.91 Å². The molecule has 2 aromatic carbocycles. The molecule has 2 aromatic heterocycles. The third kappa shape index (κ3) is 7.21. The predicted molar refractivity (Wildman–Crippen MR) is 162 cm³/mol. The molecule has 41 heavy (non-hydrogen) atoms. The third-order valence-electron chi connectivity index (χ3n) is 6.82. The monoisotopic (exact) mass is 573 g/mol. The van der Waals surface area contributed by atoms with Crippen molar-refractivity contribution in [3.05, 3.63) is 94.4 Å². The minimum Gasteiger partial charge on any atom is -0.478 e. The van der Waals surface area contributed by atoms with Crippen molar-refractivity contribution in [1.29, 1.82) is 0 Å². The molecule has 9 nitrogen and oxygen atoms in total. The maximum atomic E-state index is 13.3. The molecule has 10 heteroatoms. The summed E-state index contributed by atoms with van der Waals surface area (Å²) < 4.78 is 7.70. The second-order valence-electron chi connectivity index (χ2n) is 9.97. The van der Waals surface area contributed by atoms with Crippen molar-refractivity contribution < 1.29 is 19.4 Å². The van der Waals surface area contributed by atoms with Crippen LogP contribution in [0.4, 0.5) is 0 Å². The summed E-state index contributed by atoms with van der Waals surface area (Å²) in [4.78, 5) is 27.2. The number of rotatable bonds is 12. The van der Waals surface area contributed by atoms with E-state index in [1.807, 2.05) is 68.7 Å². The molecule has 0 aliphatic carbocycles. The van der Waals surface area contributed by atoms with Crippen molar-refractivity contribution in [2.75, 3.05) is 20.4 Å². The predicted octanol–water partition coefficient (Wildman–Crippen LogP) is 4.90. The Morgan fingerprint density at radius 3 is 2.54 bits per heavy atom. The number of amides is 1. The van der Waals surface area contributed by atoms with Gasteiger partial charge in [0.15, 0.2) is 0 Å². The molecule has 0 fully saturated rings. The molecule has 214 valence electrons.